The van der Waals surface area contributed by atoms with E-state index in [1.807, 2.05) is 0 Å². The van der Waals surface area contributed by atoms with Gasteiger partial charge in [-0.2, -0.15) is 0 Å². The highest BCUT2D eigenvalue weighted by molar-refractivity contribution is 5.83. The van der Waals surface area contributed by atoms with E-state index in [1.54, 1.807) is 0 Å². The highest BCUT2D eigenvalue weighted by Gasteiger charge is 2.24. The molecule has 5 heteroatoms. The van der Waals surface area contributed by atoms with Gasteiger partial charge in [0.1, 0.15) is 0 Å². The van der Waals surface area contributed by atoms with Gasteiger partial charge in [-0.05, 0) is 18.8 Å². The maximum absolute atomic E-state index is 11.5. The maximum Gasteiger partial charge on any atom is 0.312 e. The van der Waals surface area contributed by atoms with Crippen LogP contribution in [0.1, 0.15) is 39.0 Å². The lowest BCUT2D eigenvalue weighted by Crippen LogP contribution is -2.46. The molecule has 0 aromatic rings. The van der Waals surface area contributed by atoms with Crippen LogP contribution in [0.15, 0.2) is 0 Å². The molecule has 0 aromatic heterocycles. The van der Waals surface area contributed by atoms with Crippen molar-refractivity contribution in [3.05, 3.63) is 0 Å². The largest absolute Gasteiger partial charge is 0.352 e. The molecule has 0 aliphatic heterocycles. The minimum atomic E-state index is -0.661. The Labute approximate surface area is 96.1 Å². The van der Waals surface area contributed by atoms with Crippen molar-refractivity contribution in [1.29, 1.82) is 0 Å². The average molecular weight is 227 g/mol. The van der Waals surface area contributed by atoms with Gasteiger partial charge in [-0.3, -0.25) is 4.79 Å². The lowest BCUT2D eigenvalue weighted by Gasteiger charge is -2.31. The van der Waals surface area contributed by atoms with Crippen molar-refractivity contribution >= 4 is 11.9 Å². The molecule has 1 aliphatic rings. The van der Waals surface area contributed by atoms with Crippen molar-refractivity contribution < 1.29 is 9.59 Å². The third-order valence-electron chi connectivity index (χ3n) is 3.20. The van der Waals surface area contributed by atoms with Gasteiger partial charge >= 0.3 is 6.03 Å². The molecule has 0 saturated heterocycles. The third-order valence-corrected chi connectivity index (χ3v) is 3.20. The summed E-state index contributed by atoms with van der Waals surface area (Å²) in [4.78, 5) is 21.9. The van der Waals surface area contributed by atoms with E-state index in [-0.39, 0.29) is 18.5 Å². The number of nitrogens with two attached hydrogens (primary N) is 1. The molecule has 3 amide bonds. The topological polar surface area (TPSA) is 84.2 Å². The van der Waals surface area contributed by atoms with Gasteiger partial charge in [-0.25, -0.2) is 4.79 Å². The molecule has 16 heavy (non-hydrogen) atoms. The molecule has 0 radical (unpaired) electrons. The number of nitrogens with one attached hydrogen (secondary N) is 2. The molecular formula is C11H21N3O2. The van der Waals surface area contributed by atoms with Gasteiger partial charge in [0, 0.05) is 6.04 Å². The molecular weight excluding hydrogens is 206 g/mol. The highest BCUT2D eigenvalue weighted by Crippen LogP contribution is 2.26. The number of hydrogen-bond donors (Lipinski definition) is 3. The summed E-state index contributed by atoms with van der Waals surface area (Å²) in [5, 5.41) is 5.26. The predicted molar refractivity (Wildman–Crippen MR) is 61.8 cm³/mol. The van der Waals surface area contributed by atoms with E-state index in [4.69, 9.17) is 5.73 Å². The molecule has 1 saturated carbocycles. The number of rotatable bonds is 4. The van der Waals surface area contributed by atoms with Gasteiger partial charge in [0.15, 0.2) is 0 Å². The monoisotopic (exact) mass is 227 g/mol. The van der Waals surface area contributed by atoms with E-state index in [9.17, 15) is 9.59 Å². The van der Waals surface area contributed by atoms with Crippen molar-refractivity contribution in [3.63, 3.8) is 0 Å². The number of amides is 3. The number of carbonyl (C=O) groups is 2. The summed E-state index contributed by atoms with van der Waals surface area (Å²) in [7, 11) is 0. The first-order valence-electron chi connectivity index (χ1n) is 5.96. The fourth-order valence-electron chi connectivity index (χ4n) is 2.31. The van der Waals surface area contributed by atoms with Gasteiger partial charge in [0.05, 0.1) is 6.54 Å². The molecule has 92 valence electrons. The van der Waals surface area contributed by atoms with Crippen LogP contribution in [0.25, 0.3) is 0 Å². The van der Waals surface area contributed by atoms with Crippen molar-refractivity contribution in [2.45, 2.75) is 45.1 Å². The smallest absolute Gasteiger partial charge is 0.312 e. The maximum atomic E-state index is 11.5. The van der Waals surface area contributed by atoms with Gasteiger partial charge in [0.25, 0.3) is 0 Å². The summed E-state index contributed by atoms with van der Waals surface area (Å²) in [5.74, 6) is 0.426. The molecule has 1 rings (SSSR count). The van der Waals surface area contributed by atoms with E-state index in [0.29, 0.717) is 5.92 Å². The molecule has 0 heterocycles. The highest BCUT2D eigenvalue weighted by atomic mass is 16.2. The molecule has 0 bridgehead atoms. The van der Waals surface area contributed by atoms with Crippen molar-refractivity contribution in [2.24, 2.45) is 11.7 Å². The first kappa shape index (κ1) is 12.8. The normalized spacial score (nSPS) is 24.8. The molecule has 1 fully saturated rings. The van der Waals surface area contributed by atoms with E-state index in [0.717, 1.165) is 12.8 Å². The first-order valence-corrected chi connectivity index (χ1v) is 5.96. The summed E-state index contributed by atoms with van der Waals surface area (Å²) in [6.07, 6.45) is 5.74. The van der Waals surface area contributed by atoms with Crippen LogP contribution in [0, 0.1) is 5.92 Å². The van der Waals surface area contributed by atoms with E-state index < -0.39 is 6.03 Å². The molecule has 4 N–H and O–H groups in total. The van der Waals surface area contributed by atoms with E-state index in [1.165, 1.54) is 19.3 Å². The summed E-state index contributed by atoms with van der Waals surface area (Å²) in [5.41, 5.74) is 4.90. The number of hydrogen-bond acceptors (Lipinski definition) is 2. The zero-order valence-corrected chi connectivity index (χ0v) is 9.79. The Morgan fingerprint density at radius 1 is 1.31 bits per heavy atom. The van der Waals surface area contributed by atoms with Gasteiger partial charge in [-0.15, -0.1) is 0 Å². The molecule has 5 nitrogen and oxygen atoms in total. The first-order chi connectivity index (χ1) is 7.63. The quantitative estimate of drug-likeness (QED) is 0.661. The summed E-state index contributed by atoms with van der Waals surface area (Å²) >= 11 is 0. The van der Waals surface area contributed by atoms with Crippen LogP contribution in [-0.4, -0.2) is 24.5 Å². The van der Waals surface area contributed by atoms with Crippen LogP contribution in [0.5, 0.6) is 0 Å². The van der Waals surface area contributed by atoms with Crippen LogP contribution < -0.4 is 16.4 Å². The van der Waals surface area contributed by atoms with E-state index >= 15 is 0 Å². The SMILES string of the molecule is CCC1CCCCC1NC(=O)CNC(N)=O. The molecule has 0 aromatic carbocycles. The lowest BCUT2D eigenvalue weighted by atomic mass is 9.83. The van der Waals surface area contributed by atoms with Crippen LogP contribution in [0.2, 0.25) is 0 Å². The number of primary amides is 1. The fraction of sp³-hybridized carbons (Fsp3) is 0.818. The van der Waals surface area contributed by atoms with Crippen LogP contribution in [-0.2, 0) is 4.79 Å². The Morgan fingerprint density at radius 3 is 2.62 bits per heavy atom. The van der Waals surface area contributed by atoms with E-state index in [2.05, 4.69) is 17.6 Å². The predicted octanol–water partition coefficient (Wildman–Crippen LogP) is 0.740. The Balaban J connectivity index is 2.33. The second-order valence-corrected chi connectivity index (χ2v) is 4.34. The van der Waals surface area contributed by atoms with Crippen LogP contribution in [0.3, 0.4) is 0 Å². The molecule has 2 atom stereocenters. The van der Waals surface area contributed by atoms with Gasteiger partial charge in [-0.1, -0.05) is 26.2 Å². The molecule has 0 spiro atoms. The summed E-state index contributed by atoms with van der Waals surface area (Å²) in [6.45, 7) is 2.12. The van der Waals surface area contributed by atoms with Crippen molar-refractivity contribution in [1.82, 2.24) is 10.6 Å². The second kappa shape index (κ2) is 6.35. The lowest BCUT2D eigenvalue weighted by molar-refractivity contribution is -0.121. The average Bonchev–Trinajstić information content (AvgIpc) is 2.27. The minimum Gasteiger partial charge on any atom is -0.352 e. The van der Waals surface area contributed by atoms with Crippen LogP contribution >= 0.6 is 0 Å². The number of carbonyl (C=O) groups excluding carboxylic acids is 2. The standard InChI is InChI=1S/C11H21N3O2/c1-2-8-5-3-4-6-9(8)14-10(15)7-13-11(12)16/h8-9H,2-7H2,1H3,(H,14,15)(H3,12,13,16). The number of urea groups is 1. The molecule has 2 unspecified atom stereocenters. The van der Waals surface area contributed by atoms with Gasteiger partial charge in [0.2, 0.25) is 5.91 Å². The van der Waals surface area contributed by atoms with Crippen molar-refractivity contribution in [2.75, 3.05) is 6.54 Å². The Morgan fingerprint density at radius 2 is 2.00 bits per heavy atom. The minimum absolute atomic E-state index is 0.0255. The Hall–Kier alpha value is -1.26. The third kappa shape index (κ3) is 4.08. The van der Waals surface area contributed by atoms with Gasteiger partial charge < -0.3 is 16.4 Å². The Bertz CT molecular complexity index is 256. The summed E-state index contributed by atoms with van der Waals surface area (Å²) in [6, 6.07) is -0.397. The zero-order valence-electron chi connectivity index (χ0n) is 9.79. The zero-order chi connectivity index (χ0) is 12.0. The summed E-state index contributed by atoms with van der Waals surface area (Å²) < 4.78 is 0. The second-order valence-electron chi connectivity index (χ2n) is 4.34. The fourth-order valence-corrected chi connectivity index (χ4v) is 2.31. The van der Waals surface area contributed by atoms with Crippen LogP contribution in [0.4, 0.5) is 4.79 Å². The van der Waals surface area contributed by atoms with Crippen molar-refractivity contribution in [3.8, 4) is 0 Å². The molecule has 1 aliphatic carbocycles. The Kier molecular flexibility index (Phi) is 5.08.